The van der Waals surface area contributed by atoms with Crippen LogP contribution in [0.2, 0.25) is 0 Å². The number of rotatable bonds is 1. The number of piperidine rings is 1. The smallest absolute Gasteiger partial charge is 0.254 e. The van der Waals surface area contributed by atoms with Gasteiger partial charge >= 0.3 is 0 Å². The van der Waals surface area contributed by atoms with Crippen LogP contribution in [0.3, 0.4) is 0 Å². The number of hydrogen-bond acceptors (Lipinski definition) is 2. The van der Waals surface area contributed by atoms with Gasteiger partial charge in [-0.1, -0.05) is 6.07 Å². The van der Waals surface area contributed by atoms with E-state index in [4.69, 9.17) is 0 Å². The molecule has 2 unspecified atom stereocenters. The minimum atomic E-state index is 0.0445. The van der Waals surface area contributed by atoms with Crippen LogP contribution in [0, 0.1) is 6.92 Å². The van der Waals surface area contributed by atoms with Gasteiger partial charge in [-0.15, -0.1) is 0 Å². The van der Waals surface area contributed by atoms with Gasteiger partial charge in [-0.05, 0) is 52.2 Å². The molecule has 0 saturated carbocycles. The maximum atomic E-state index is 12.6. The molecule has 3 nitrogen and oxygen atoms in total. The monoisotopic (exact) mass is 247 g/mol. The summed E-state index contributed by atoms with van der Waals surface area (Å²) in [6.45, 7) is 6.00. The molecule has 2 atom stereocenters. The summed E-state index contributed by atoms with van der Waals surface area (Å²) in [5.74, 6) is 0.237. The Labute approximate surface area is 108 Å². The lowest BCUT2D eigenvalue weighted by Crippen LogP contribution is -2.47. The average molecular weight is 247 g/mol. The van der Waals surface area contributed by atoms with Gasteiger partial charge < -0.3 is 10.0 Å². The zero-order chi connectivity index (χ0) is 13.3. The van der Waals surface area contributed by atoms with Crippen LogP contribution >= 0.6 is 0 Å². The number of phenolic OH excluding ortho intramolecular Hbond substituents is 1. The second kappa shape index (κ2) is 5.01. The van der Waals surface area contributed by atoms with Crippen molar-refractivity contribution in [1.82, 2.24) is 4.90 Å². The zero-order valence-corrected chi connectivity index (χ0v) is 11.3. The molecular weight excluding hydrogens is 226 g/mol. The van der Waals surface area contributed by atoms with Crippen molar-refractivity contribution in [2.24, 2.45) is 0 Å². The highest BCUT2D eigenvalue weighted by molar-refractivity contribution is 5.96. The van der Waals surface area contributed by atoms with Crippen molar-refractivity contribution >= 4 is 5.91 Å². The van der Waals surface area contributed by atoms with E-state index in [1.807, 2.05) is 4.90 Å². The molecule has 1 aromatic carbocycles. The van der Waals surface area contributed by atoms with Crippen molar-refractivity contribution in [3.63, 3.8) is 0 Å². The molecule has 0 spiro atoms. The van der Waals surface area contributed by atoms with E-state index < -0.39 is 0 Å². The van der Waals surface area contributed by atoms with E-state index in [1.54, 1.807) is 25.1 Å². The summed E-state index contributed by atoms with van der Waals surface area (Å²) in [5.41, 5.74) is 1.29. The quantitative estimate of drug-likeness (QED) is 0.828. The van der Waals surface area contributed by atoms with Crippen LogP contribution in [0.4, 0.5) is 0 Å². The number of carbonyl (C=O) groups excluding carboxylic acids is 1. The molecule has 0 aliphatic carbocycles. The van der Waals surface area contributed by atoms with Crippen molar-refractivity contribution in [1.29, 1.82) is 0 Å². The lowest BCUT2D eigenvalue weighted by Gasteiger charge is -2.39. The Morgan fingerprint density at radius 1 is 1.28 bits per heavy atom. The van der Waals surface area contributed by atoms with Crippen LogP contribution in [0.1, 0.15) is 49.0 Å². The van der Waals surface area contributed by atoms with Gasteiger partial charge in [-0.25, -0.2) is 0 Å². The molecule has 3 heteroatoms. The summed E-state index contributed by atoms with van der Waals surface area (Å²) in [5, 5.41) is 9.71. The molecule has 1 heterocycles. The third kappa shape index (κ3) is 2.22. The summed E-state index contributed by atoms with van der Waals surface area (Å²) < 4.78 is 0. The Balaban J connectivity index is 2.32. The van der Waals surface area contributed by atoms with Gasteiger partial charge in [0.1, 0.15) is 5.75 Å². The Bertz CT molecular complexity index is 446. The van der Waals surface area contributed by atoms with E-state index in [9.17, 15) is 9.90 Å². The molecule has 1 saturated heterocycles. The van der Waals surface area contributed by atoms with Crippen LogP contribution in [0.5, 0.6) is 5.75 Å². The number of aromatic hydroxyl groups is 1. The van der Waals surface area contributed by atoms with E-state index in [2.05, 4.69) is 13.8 Å². The van der Waals surface area contributed by atoms with Gasteiger partial charge in [0.2, 0.25) is 0 Å². The van der Waals surface area contributed by atoms with Crippen LogP contribution in [0.15, 0.2) is 18.2 Å². The van der Waals surface area contributed by atoms with Gasteiger partial charge in [-0.3, -0.25) is 4.79 Å². The molecule has 98 valence electrons. The third-order valence-corrected chi connectivity index (χ3v) is 3.96. The largest absolute Gasteiger partial charge is 0.508 e. The fourth-order valence-electron chi connectivity index (χ4n) is 2.82. The Morgan fingerprint density at radius 3 is 2.50 bits per heavy atom. The second-order valence-corrected chi connectivity index (χ2v) is 5.29. The molecule has 2 rings (SSSR count). The van der Waals surface area contributed by atoms with Gasteiger partial charge in [0.25, 0.3) is 5.91 Å². The standard InChI is InChI=1S/C15H21NO2/c1-10-6-4-7-11(2)16(10)15(18)13-8-5-9-14(17)12(13)3/h5,8-11,17H,4,6-7H2,1-3H3. The molecule has 0 aromatic heterocycles. The summed E-state index contributed by atoms with van der Waals surface area (Å²) in [6, 6.07) is 5.71. The first-order chi connectivity index (χ1) is 8.52. The first-order valence-electron chi connectivity index (χ1n) is 6.63. The van der Waals surface area contributed by atoms with Crippen LogP contribution < -0.4 is 0 Å². The van der Waals surface area contributed by atoms with Crippen molar-refractivity contribution in [2.45, 2.75) is 52.1 Å². The maximum Gasteiger partial charge on any atom is 0.254 e. The molecular formula is C15H21NO2. The first-order valence-corrected chi connectivity index (χ1v) is 6.63. The highest BCUT2D eigenvalue weighted by Crippen LogP contribution is 2.27. The number of phenols is 1. The molecule has 1 aliphatic heterocycles. The predicted octanol–water partition coefficient (Wildman–Crippen LogP) is 3.10. The van der Waals surface area contributed by atoms with Gasteiger partial charge in [0.05, 0.1) is 0 Å². The Kier molecular flexibility index (Phi) is 3.60. The molecule has 1 aliphatic rings. The van der Waals surface area contributed by atoms with Crippen LogP contribution in [0.25, 0.3) is 0 Å². The van der Waals surface area contributed by atoms with E-state index in [0.717, 1.165) is 12.8 Å². The summed E-state index contributed by atoms with van der Waals surface area (Å²) in [6.07, 6.45) is 3.31. The van der Waals surface area contributed by atoms with E-state index >= 15 is 0 Å². The molecule has 18 heavy (non-hydrogen) atoms. The van der Waals surface area contributed by atoms with Crippen molar-refractivity contribution in [3.8, 4) is 5.75 Å². The molecule has 0 radical (unpaired) electrons. The van der Waals surface area contributed by atoms with E-state index in [0.29, 0.717) is 11.1 Å². The molecule has 0 bridgehead atoms. The minimum Gasteiger partial charge on any atom is -0.508 e. The van der Waals surface area contributed by atoms with Gasteiger partial charge in [0.15, 0.2) is 0 Å². The van der Waals surface area contributed by atoms with Crippen LogP contribution in [-0.4, -0.2) is 28.0 Å². The fourth-order valence-corrected chi connectivity index (χ4v) is 2.82. The van der Waals surface area contributed by atoms with Gasteiger partial charge in [0, 0.05) is 23.2 Å². The van der Waals surface area contributed by atoms with Crippen molar-refractivity contribution in [3.05, 3.63) is 29.3 Å². The van der Waals surface area contributed by atoms with Gasteiger partial charge in [-0.2, -0.15) is 0 Å². The van der Waals surface area contributed by atoms with Crippen LogP contribution in [-0.2, 0) is 0 Å². The molecule has 1 amide bonds. The van der Waals surface area contributed by atoms with E-state index in [1.165, 1.54) is 6.42 Å². The summed E-state index contributed by atoms with van der Waals surface area (Å²) in [7, 11) is 0. The average Bonchev–Trinajstić information content (AvgIpc) is 2.32. The van der Waals surface area contributed by atoms with E-state index in [-0.39, 0.29) is 23.7 Å². The topological polar surface area (TPSA) is 40.5 Å². The highest BCUT2D eigenvalue weighted by atomic mass is 16.3. The third-order valence-electron chi connectivity index (χ3n) is 3.96. The second-order valence-electron chi connectivity index (χ2n) is 5.29. The summed E-state index contributed by atoms with van der Waals surface area (Å²) >= 11 is 0. The lowest BCUT2D eigenvalue weighted by molar-refractivity contribution is 0.0509. The fraction of sp³-hybridized carbons (Fsp3) is 0.533. The Hall–Kier alpha value is -1.51. The first kappa shape index (κ1) is 12.9. The number of likely N-dealkylation sites (tertiary alicyclic amines) is 1. The van der Waals surface area contributed by atoms with Crippen molar-refractivity contribution < 1.29 is 9.90 Å². The molecule has 1 aromatic rings. The number of benzene rings is 1. The highest BCUT2D eigenvalue weighted by Gasteiger charge is 2.30. The predicted molar refractivity (Wildman–Crippen MR) is 71.8 cm³/mol. The number of nitrogens with zero attached hydrogens (tertiary/aromatic N) is 1. The number of carbonyl (C=O) groups is 1. The number of hydrogen-bond donors (Lipinski definition) is 1. The van der Waals surface area contributed by atoms with Crippen molar-refractivity contribution in [2.75, 3.05) is 0 Å². The summed E-state index contributed by atoms with van der Waals surface area (Å²) in [4.78, 5) is 14.6. The molecule has 1 N–H and O–H groups in total. The number of amides is 1. The maximum absolute atomic E-state index is 12.6. The normalized spacial score (nSPS) is 24.1. The minimum absolute atomic E-state index is 0.0445. The lowest BCUT2D eigenvalue weighted by atomic mass is 9.95. The Morgan fingerprint density at radius 2 is 1.89 bits per heavy atom. The SMILES string of the molecule is Cc1c(O)cccc1C(=O)N1C(C)CCCC1C. The zero-order valence-electron chi connectivity index (χ0n) is 11.3. The molecule has 1 fully saturated rings.